The van der Waals surface area contributed by atoms with Crippen LogP contribution in [0.2, 0.25) is 0 Å². The van der Waals surface area contributed by atoms with Crippen LogP contribution in [0, 0.1) is 13.8 Å². The van der Waals surface area contributed by atoms with Gasteiger partial charge >= 0.3 is 0 Å². The standard InChI is InChI=1S/C30H33N5O2/c1-19-5-7-23(37-18-22-9-13-34(22)3)17-25(19)29(36)32-30(11-12-30)26-15-21(27-10-14-35(4)33-27)16-28-24(26)8-6-20(2)31-28/h5-8,10,14-17,22H,9,11-13,18H2,1-4H3,(H,32,36)/t22-/m0/s1. The summed E-state index contributed by atoms with van der Waals surface area (Å²) in [6, 6.07) is 16.7. The van der Waals surface area contributed by atoms with Gasteiger partial charge in [-0.3, -0.25) is 19.4 Å². The number of aryl methyl sites for hydroxylation is 3. The lowest BCUT2D eigenvalue weighted by Gasteiger charge is -2.37. The van der Waals surface area contributed by atoms with Crippen LogP contribution in [0.5, 0.6) is 5.75 Å². The molecule has 1 amide bonds. The molecule has 190 valence electrons. The highest BCUT2D eigenvalue weighted by Crippen LogP contribution is 2.49. The Morgan fingerprint density at radius 3 is 2.62 bits per heavy atom. The lowest BCUT2D eigenvalue weighted by atomic mass is 9.94. The van der Waals surface area contributed by atoms with Crippen molar-refractivity contribution in [3.05, 3.63) is 77.1 Å². The minimum atomic E-state index is -0.422. The molecule has 7 nitrogen and oxygen atoms in total. The molecule has 6 rings (SSSR count). The monoisotopic (exact) mass is 495 g/mol. The molecule has 37 heavy (non-hydrogen) atoms. The molecule has 2 aromatic carbocycles. The molecule has 2 fully saturated rings. The van der Waals surface area contributed by atoms with Gasteiger partial charge in [0.2, 0.25) is 0 Å². The highest BCUT2D eigenvalue weighted by molar-refractivity contribution is 5.98. The van der Waals surface area contributed by atoms with E-state index in [9.17, 15) is 4.79 Å². The molecule has 0 spiro atoms. The second-order valence-corrected chi connectivity index (χ2v) is 10.7. The van der Waals surface area contributed by atoms with E-state index in [1.54, 1.807) is 4.68 Å². The van der Waals surface area contributed by atoms with E-state index in [0.717, 1.165) is 70.5 Å². The van der Waals surface area contributed by atoms with Crippen LogP contribution in [-0.2, 0) is 12.6 Å². The van der Waals surface area contributed by atoms with E-state index in [-0.39, 0.29) is 5.91 Å². The maximum atomic E-state index is 13.6. The summed E-state index contributed by atoms with van der Waals surface area (Å²) in [6.45, 7) is 5.73. The van der Waals surface area contributed by atoms with Crippen molar-refractivity contribution >= 4 is 16.8 Å². The Labute approximate surface area is 217 Å². The van der Waals surface area contributed by atoms with Gasteiger partial charge in [0.05, 0.1) is 16.7 Å². The third-order valence-corrected chi connectivity index (χ3v) is 7.91. The molecule has 7 heteroatoms. The summed E-state index contributed by atoms with van der Waals surface area (Å²) in [4.78, 5) is 20.8. The van der Waals surface area contributed by atoms with Crippen molar-refractivity contribution in [2.45, 2.75) is 44.7 Å². The molecule has 0 radical (unpaired) electrons. The molecular weight excluding hydrogens is 462 g/mol. The number of aromatic nitrogens is 3. The average Bonchev–Trinajstić information content (AvgIpc) is 3.52. The number of likely N-dealkylation sites (tertiary alicyclic amines) is 1. The van der Waals surface area contributed by atoms with Gasteiger partial charge in [-0.05, 0) is 94.2 Å². The highest BCUT2D eigenvalue weighted by atomic mass is 16.5. The van der Waals surface area contributed by atoms with Gasteiger partial charge in [-0.2, -0.15) is 5.10 Å². The first-order valence-corrected chi connectivity index (χ1v) is 13.0. The number of ether oxygens (including phenoxy) is 1. The minimum Gasteiger partial charge on any atom is -0.492 e. The quantitative estimate of drug-likeness (QED) is 0.401. The van der Waals surface area contributed by atoms with Gasteiger partial charge < -0.3 is 10.1 Å². The predicted octanol–water partition coefficient (Wildman–Crippen LogP) is 4.75. The fraction of sp³-hybridized carbons (Fsp3) is 0.367. The molecule has 1 N–H and O–H groups in total. The van der Waals surface area contributed by atoms with Crippen LogP contribution in [-0.4, -0.2) is 51.8 Å². The Hall–Kier alpha value is -3.71. The van der Waals surface area contributed by atoms with Gasteiger partial charge in [0.1, 0.15) is 12.4 Å². The van der Waals surface area contributed by atoms with Gasteiger partial charge in [-0.1, -0.05) is 12.1 Å². The molecule has 1 aliphatic heterocycles. The van der Waals surface area contributed by atoms with Crippen molar-refractivity contribution in [2.24, 2.45) is 7.05 Å². The summed E-state index contributed by atoms with van der Waals surface area (Å²) in [5, 5.41) is 9.08. The van der Waals surface area contributed by atoms with Crippen molar-refractivity contribution in [1.82, 2.24) is 25.0 Å². The molecule has 4 aromatic rings. The Kier molecular flexibility index (Phi) is 5.75. The number of nitrogens with one attached hydrogen (secondary N) is 1. The van der Waals surface area contributed by atoms with Crippen molar-refractivity contribution in [3.63, 3.8) is 0 Å². The first-order chi connectivity index (χ1) is 17.8. The second-order valence-electron chi connectivity index (χ2n) is 10.7. The van der Waals surface area contributed by atoms with Crippen LogP contribution in [0.4, 0.5) is 0 Å². The number of hydrogen-bond acceptors (Lipinski definition) is 5. The Balaban J connectivity index is 1.31. The average molecular weight is 496 g/mol. The molecule has 1 aliphatic carbocycles. The summed E-state index contributed by atoms with van der Waals surface area (Å²) in [5.41, 5.74) is 6.07. The number of amides is 1. The number of rotatable bonds is 7. The number of pyridine rings is 1. The van der Waals surface area contributed by atoms with Gasteiger partial charge in [-0.15, -0.1) is 0 Å². The lowest BCUT2D eigenvalue weighted by Crippen LogP contribution is -2.48. The Morgan fingerprint density at radius 2 is 1.95 bits per heavy atom. The van der Waals surface area contributed by atoms with Crippen LogP contribution in [0.15, 0.2) is 54.7 Å². The molecule has 2 aromatic heterocycles. The van der Waals surface area contributed by atoms with Crippen LogP contribution >= 0.6 is 0 Å². The third-order valence-electron chi connectivity index (χ3n) is 7.91. The van der Waals surface area contributed by atoms with Crippen LogP contribution in [0.3, 0.4) is 0 Å². The van der Waals surface area contributed by atoms with Gasteiger partial charge in [0, 0.05) is 41.5 Å². The summed E-state index contributed by atoms with van der Waals surface area (Å²) in [5.74, 6) is 0.667. The van der Waals surface area contributed by atoms with E-state index >= 15 is 0 Å². The van der Waals surface area contributed by atoms with Crippen LogP contribution in [0.25, 0.3) is 22.2 Å². The zero-order valence-corrected chi connectivity index (χ0v) is 21.9. The number of nitrogens with zero attached hydrogens (tertiary/aromatic N) is 4. The number of hydrogen-bond donors (Lipinski definition) is 1. The zero-order valence-electron chi connectivity index (χ0n) is 21.9. The van der Waals surface area contributed by atoms with Crippen molar-refractivity contribution in [2.75, 3.05) is 20.2 Å². The third kappa shape index (κ3) is 4.48. The molecule has 0 bridgehead atoms. The Bertz CT molecular complexity index is 1500. The zero-order chi connectivity index (χ0) is 25.7. The first-order valence-electron chi connectivity index (χ1n) is 13.0. The maximum Gasteiger partial charge on any atom is 0.252 e. The fourth-order valence-electron chi connectivity index (χ4n) is 5.23. The summed E-state index contributed by atoms with van der Waals surface area (Å²) < 4.78 is 7.86. The van der Waals surface area contributed by atoms with E-state index in [4.69, 9.17) is 9.72 Å². The summed E-state index contributed by atoms with van der Waals surface area (Å²) in [6.07, 6.45) is 4.86. The molecule has 0 unspecified atom stereocenters. The number of carbonyl (C=O) groups excluding carboxylic acids is 1. The molecule has 1 saturated carbocycles. The lowest BCUT2D eigenvalue weighted by molar-refractivity contribution is 0.0767. The molecule has 2 aliphatic rings. The first kappa shape index (κ1) is 23.7. The van der Waals surface area contributed by atoms with Crippen molar-refractivity contribution < 1.29 is 9.53 Å². The van der Waals surface area contributed by atoms with E-state index in [2.05, 4.69) is 40.6 Å². The topological polar surface area (TPSA) is 72.3 Å². The number of carbonyl (C=O) groups is 1. The highest BCUT2D eigenvalue weighted by Gasteiger charge is 2.47. The number of fused-ring (bicyclic) bond motifs is 1. The fourth-order valence-corrected chi connectivity index (χ4v) is 5.23. The normalized spacial score (nSPS) is 18.4. The molecule has 1 atom stereocenters. The summed E-state index contributed by atoms with van der Waals surface area (Å²) >= 11 is 0. The molecule has 1 saturated heterocycles. The molecular formula is C30H33N5O2. The molecule has 3 heterocycles. The van der Waals surface area contributed by atoms with Crippen molar-refractivity contribution in [3.8, 4) is 17.0 Å². The van der Waals surface area contributed by atoms with E-state index < -0.39 is 5.54 Å². The van der Waals surface area contributed by atoms with Crippen LogP contribution < -0.4 is 10.1 Å². The van der Waals surface area contributed by atoms with Crippen molar-refractivity contribution in [1.29, 1.82) is 0 Å². The van der Waals surface area contributed by atoms with E-state index in [0.29, 0.717) is 18.2 Å². The van der Waals surface area contributed by atoms with Gasteiger partial charge in [-0.25, -0.2) is 0 Å². The predicted molar refractivity (Wildman–Crippen MR) is 145 cm³/mol. The minimum absolute atomic E-state index is 0.0716. The van der Waals surface area contributed by atoms with Crippen LogP contribution in [0.1, 0.15) is 46.4 Å². The maximum absolute atomic E-state index is 13.6. The largest absolute Gasteiger partial charge is 0.492 e. The SMILES string of the molecule is Cc1ccc2c(C3(NC(=O)c4cc(OC[C@@H]5CCN5C)ccc4C)CC3)cc(-c3ccn(C)n3)cc2n1. The van der Waals surface area contributed by atoms with E-state index in [1.165, 1.54) is 0 Å². The van der Waals surface area contributed by atoms with E-state index in [1.807, 2.05) is 57.4 Å². The summed E-state index contributed by atoms with van der Waals surface area (Å²) in [7, 11) is 4.03. The Morgan fingerprint density at radius 1 is 1.11 bits per heavy atom. The van der Waals surface area contributed by atoms with Gasteiger partial charge in [0.25, 0.3) is 5.91 Å². The van der Waals surface area contributed by atoms with Gasteiger partial charge in [0.15, 0.2) is 0 Å². The second kappa shape index (κ2) is 8.99. The number of likely N-dealkylation sites (N-methyl/N-ethyl adjacent to an activating group) is 1. The number of benzene rings is 2. The smallest absolute Gasteiger partial charge is 0.252 e.